The number of rotatable bonds is 6. The van der Waals surface area contributed by atoms with Crippen molar-refractivity contribution in [2.45, 2.75) is 25.3 Å². The summed E-state index contributed by atoms with van der Waals surface area (Å²) in [7, 11) is 3.37. The van der Waals surface area contributed by atoms with Crippen molar-refractivity contribution in [1.82, 2.24) is 19.9 Å². The Kier molecular flexibility index (Phi) is 6.09. The Morgan fingerprint density at radius 3 is 2.47 bits per heavy atom. The van der Waals surface area contributed by atoms with Crippen LogP contribution in [0.1, 0.15) is 30.0 Å². The number of piperidine rings is 1. The zero-order chi connectivity index (χ0) is 20.9. The van der Waals surface area contributed by atoms with Gasteiger partial charge < -0.3 is 14.5 Å². The number of nitrogens with zero attached hydrogens (tertiary/aromatic N) is 3. The second-order valence-corrected chi connectivity index (χ2v) is 7.45. The molecular formula is C23H26N4O3. The number of pyridine rings is 1. The second kappa shape index (κ2) is 9.09. The van der Waals surface area contributed by atoms with Crippen LogP contribution in [-0.4, -0.2) is 47.2 Å². The molecule has 1 aromatic carbocycles. The van der Waals surface area contributed by atoms with E-state index in [0.29, 0.717) is 5.82 Å². The molecule has 0 aliphatic carbocycles. The molecule has 0 saturated carbocycles. The topological polar surface area (TPSA) is 80.3 Å². The third-order valence-corrected chi connectivity index (χ3v) is 5.61. The molecule has 0 unspecified atom stereocenters. The smallest absolute Gasteiger partial charge is 0.251 e. The van der Waals surface area contributed by atoms with Gasteiger partial charge in [0.15, 0.2) is 0 Å². The van der Waals surface area contributed by atoms with Gasteiger partial charge in [-0.05, 0) is 50.2 Å². The monoisotopic (exact) mass is 406 g/mol. The highest BCUT2D eigenvalue weighted by atomic mass is 16.5. The van der Waals surface area contributed by atoms with E-state index in [9.17, 15) is 4.79 Å². The van der Waals surface area contributed by atoms with Gasteiger partial charge >= 0.3 is 0 Å². The molecule has 30 heavy (non-hydrogen) atoms. The van der Waals surface area contributed by atoms with Gasteiger partial charge in [-0.1, -0.05) is 6.07 Å². The Morgan fingerprint density at radius 2 is 1.83 bits per heavy atom. The number of H-pyrrole nitrogens is 1. The summed E-state index contributed by atoms with van der Waals surface area (Å²) in [5, 5.41) is 0. The number of aromatic nitrogens is 3. The number of ether oxygens (including phenoxy) is 2. The molecule has 0 amide bonds. The molecule has 1 aliphatic rings. The number of hydrogen-bond acceptors (Lipinski definition) is 6. The van der Waals surface area contributed by atoms with Gasteiger partial charge in [0, 0.05) is 36.5 Å². The molecule has 7 heteroatoms. The van der Waals surface area contributed by atoms with Crippen molar-refractivity contribution in [3.8, 4) is 22.9 Å². The standard InChI is InChI=1S/C23H26N4O3/c1-29-20-6-3-7-21(30-2)18(20)15-27-11-8-16(9-12-27)19-13-22(28)26-23(25-19)17-5-4-10-24-14-17/h3-7,10,13-14,16H,8-9,11-12,15H2,1-2H3,(H,25,26,28). The third kappa shape index (κ3) is 4.36. The first-order chi connectivity index (χ1) is 14.7. The minimum atomic E-state index is -0.125. The number of nitrogens with one attached hydrogen (secondary N) is 1. The summed E-state index contributed by atoms with van der Waals surface area (Å²) in [4.78, 5) is 26.3. The Morgan fingerprint density at radius 1 is 1.10 bits per heavy atom. The fourth-order valence-corrected chi connectivity index (χ4v) is 4.02. The minimum absolute atomic E-state index is 0.125. The van der Waals surface area contributed by atoms with Crippen LogP contribution in [0.3, 0.4) is 0 Å². The van der Waals surface area contributed by atoms with E-state index in [0.717, 1.165) is 60.8 Å². The molecule has 1 N–H and O–H groups in total. The Labute approximate surface area is 175 Å². The lowest BCUT2D eigenvalue weighted by atomic mass is 9.93. The first-order valence-corrected chi connectivity index (χ1v) is 10.1. The molecule has 156 valence electrons. The van der Waals surface area contributed by atoms with Crippen molar-refractivity contribution in [3.05, 3.63) is 70.4 Å². The molecule has 0 bridgehead atoms. The van der Waals surface area contributed by atoms with Crippen LogP contribution in [0.25, 0.3) is 11.4 Å². The lowest BCUT2D eigenvalue weighted by molar-refractivity contribution is 0.198. The van der Waals surface area contributed by atoms with Crippen LogP contribution >= 0.6 is 0 Å². The molecule has 0 atom stereocenters. The number of aromatic amines is 1. The predicted octanol–water partition coefficient (Wildman–Crippen LogP) is 3.23. The van der Waals surface area contributed by atoms with Gasteiger partial charge in [0.2, 0.25) is 0 Å². The summed E-state index contributed by atoms with van der Waals surface area (Å²) in [6.45, 7) is 2.61. The summed E-state index contributed by atoms with van der Waals surface area (Å²) >= 11 is 0. The van der Waals surface area contributed by atoms with Gasteiger partial charge in [-0.2, -0.15) is 0 Å². The molecular weight excluding hydrogens is 380 g/mol. The van der Waals surface area contributed by atoms with Crippen molar-refractivity contribution in [2.24, 2.45) is 0 Å². The van der Waals surface area contributed by atoms with E-state index < -0.39 is 0 Å². The van der Waals surface area contributed by atoms with E-state index in [-0.39, 0.29) is 11.5 Å². The molecule has 1 aliphatic heterocycles. The summed E-state index contributed by atoms with van der Waals surface area (Å²) in [5.41, 5.74) is 2.61. The number of hydrogen-bond donors (Lipinski definition) is 1. The Bertz CT molecular complexity index is 1020. The molecule has 4 rings (SSSR count). The first-order valence-electron chi connectivity index (χ1n) is 10.1. The van der Waals surface area contributed by atoms with Crippen molar-refractivity contribution in [1.29, 1.82) is 0 Å². The average molecular weight is 406 g/mol. The van der Waals surface area contributed by atoms with Gasteiger partial charge in [0.05, 0.1) is 25.5 Å². The second-order valence-electron chi connectivity index (χ2n) is 7.45. The number of methoxy groups -OCH3 is 2. The lowest BCUT2D eigenvalue weighted by Gasteiger charge is -2.32. The van der Waals surface area contributed by atoms with E-state index in [2.05, 4.69) is 14.9 Å². The molecule has 1 saturated heterocycles. The van der Waals surface area contributed by atoms with Crippen LogP contribution in [0, 0.1) is 0 Å². The maximum atomic E-state index is 12.2. The highest BCUT2D eigenvalue weighted by Crippen LogP contribution is 2.32. The van der Waals surface area contributed by atoms with Crippen LogP contribution < -0.4 is 15.0 Å². The van der Waals surface area contributed by atoms with E-state index in [4.69, 9.17) is 14.5 Å². The van der Waals surface area contributed by atoms with Gasteiger partial charge in [-0.15, -0.1) is 0 Å². The zero-order valence-electron chi connectivity index (χ0n) is 17.3. The van der Waals surface area contributed by atoms with E-state index in [1.807, 2.05) is 30.3 Å². The fourth-order valence-electron chi connectivity index (χ4n) is 4.02. The van der Waals surface area contributed by atoms with Gasteiger partial charge in [-0.25, -0.2) is 4.98 Å². The lowest BCUT2D eigenvalue weighted by Crippen LogP contribution is -2.33. The summed E-state index contributed by atoms with van der Waals surface area (Å²) in [6, 6.07) is 11.2. The molecule has 0 radical (unpaired) electrons. The molecule has 1 fully saturated rings. The van der Waals surface area contributed by atoms with Crippen molar-refractivity contribution in [2.75, 3.05) is 27.3 Å². The van der Waals surface area contributed by atoms with Crippen LogP contribution in [0.4, 0.5) is 0 Å². The van der Waals surface area contributed by atoms with Gasteiger partial charge in [-0.3, -0.25) is 14.7 Å². The van der Waals surface area contributed by atoms with E-state index in [1.165, 1.54) is 0 Å². The predicted molar refractivity (Wildman–Crippen MR) is 115 cm³/mol. The number of likely N-dealkylation sites (tertiary alicyclic amines) is 1. The zero-order valence-corrected chi connectivity index (χ0v) is 17.3. The van der Waals surface area contributed by atoms with Crippen LogP contribution in [0.2, 0.25) is 0 Å². The molecule has 2 aromatic heterocycles. The van der Waals surface area contributed by atoms with Crippen LogP contribution in [0.5, 0.6) is 11.5 Å². The van der Waals surface area contributed by atoms with Gasteiger partial charge in [0.25, 0.3) is 5.56 Å². The van der Waals surface area contributed by atoms with Crippen molar-refractivity contribution >= 4 is 0 Å². The van der Waals surface area contributed by atoms with Crippen molar-refractivity contribution in [3.63, 3.8) is 0 Å². The quantitative estimate of drug-likeness (QED) is 0.677. The Hall–Kier alpha value is -3.19. The molecule has 7 nitrogen and oxygen atoms in total. The van der Waals surface area contributed by atoms with Crippen molar-refractivity contribution < 1.29 is 9.47 Å². The minimum Gasteiger partial charge on any atom is -0.496 e. The summed E-state index contributed by atoms with van der Waals surface area (Å²) in [6.07, 6.45) is 5.31. The third-order valence-electron chi connectivity index (χ3n) is 5.61. The average Bonchev–Trinajstić information content (AvgIpc) is 2.80. The van der Waals surface area contributed by atoms with Crippen LogP contribution in [-0.2, 0) is 6.54 Å². The highest BCUT2D eigenvalue weighted by Gasteiger charge is 2.24. The van der Waals surface area contributed by atoms with E-state index in [1.54, 1.807) is 32.7 Å². The molecule has 3 heterocycles. The molecule has 0 spiro atoms. The maximum absolute atomic E-state index is 12.2. The highest BCUT2D eigenvalue weighted by molar-refractivity contribution is 5.52. The largest absolute Gasteiger partial charge is 0.496 e. The fraction of sp³-hybridized carbons (Fsp3) is 0.348. The first kappa shape index (κ1) is 20.1. The summed E-state index contributed by atoms with van der Waals surface area (Å²) in [5.74, 6) is 2.52. The normalized spacial score (nSPS) is 15.1. The van der Waals surface area contributed by atoms with Crippen LogP contribution in [0.15, 0.2) is 53.6 Å². The maximum Gasteiger partial charge on any atom is 0.251 e. The van der Waals surface area contributed by atoms with Gasteiger partial charge in [0.1, 0.15) is 17.3 Å². The SMILES string of the molecule is COc1cccc(OC)c1CN1CCC(c2cc(=O)[nH]c(-c3cccnc3)n2)CC1. The van der Waals surface area contributed by atoms with E-state index >= 15 is 0 Å². The summed E-state index contributed by atoms with van der Waals surface area (Å²) < 4.78 is 11.1. The number of benzene rings is 1. The Balaban J connectivity index is 1.47. The molecule has 3 aromatic rings.